The molecule has 2 aromatic carbocycles. The Balaban J connectivity index is 2.28. The predicted octanol–water partition coefficient (Wildman–Crippen LogP) is 3.16. The Morgan fingerprint density at radius 2 is 1.63 bits per heavy atom. The van der Waals surface area contributed by atoms with E-state index in [1.807, 2.05) is 25.1 Å². The highest BCUT2D eigenvalue weighted by Gasteiger charge is 2.13. The maximum Gasteiger partial charge on any atom is 0.258 e. The number of anilines is 2. The summed E-state index contributed by atoms with van der Waals surface area (Å²) >= 11 is 0. The molecule has 0 saturated carbocycles. The first-order valence-electron chi connectivity index (χ1n) is 6.20. The van der Waals surface area contributed by atoms with Crippen LogP contribution < -0.4 is 10.6 Å². The molecule has 98 valence electrons. The predicted molar refractivity (Wildman–Crippen MR) is 79.5 cm³/mol. The second kappa shape index (κ2) is 5.14. The number of nitrogens with zero attached hydrogens (tertiary/aromatic N) is 1. The van der Waals surface area contributed by atoms with Crippen molar-refractivity contribution in [2.24, 2.45) is 0 Å². The molecule has 2 aromatic rings. The molecule has 2 rings (SSSR count). The van der Waals surface area contributed by atoms with Crippen LogP contribution in [0.4, 0.5) is 11.4 Å². The molecule has 3 heteroatoms. The standard InChI is InChI=1S/C16H18N2O/c1-11-4-9-15(10-12(11)2)18(3)16(19)13-5-7-14(17)8-6-13/h4-10H,17H2,1-3H3. The van der Waals surface area contributed by atoms with Crippen LogP contribution in [-0.4, -0.2) is 13.0 Å². The summed E-state index contributed by atoms with van der Waals surface area (Å²) in [7, 11) is 1.78. The Hall–Kier alpha value is -2.29. The molecule has 0 fully saturated rings. The minimum absolute atomic E-state index is 0.0387. The number of benzene rings is 2. The summed E-state index contributed by atoms with van der Waals surface area (Å²) in [6.07, 6.45) is 0. The van der Waals surface area contributed by atoms with Crippen molar-refractivity contribution in [1.29, 1.82) is 0 Å². The van der Waals surface area contributed by atoms with E-state index >= 15 is 0 Å². The fraction of sp³-hybridized carbons (Fsp3) is 0.188. The largest absolute Gasteiger partial charge is 0.399 e. The lowest BCUT2D eigenvalue weighted by atomic mass is 10.1. The number of hydrogen-bond acceptors (Lipinski definition) is 2. The molecule has 2 N–H and O–H groups in total. The number of amides is 1. The smallest absolute Gasteiger partial charge is 0.258 e. The zero-order chi connectivity index (χ0) is 14.0. The Morgan fingerprint density at radius 3 is 2.21 bits per heavy atom. The highest BCUT2D eigenvalue weighted by atomic mass is 16.2. The third-order valence-electron chi connectivity index (χ3n) is 3.34. The molecule has 0 aliphatic carbocycles. The monoisotopic (exact) mass is 254 g/mol. The quantitative estimate of drug-likeness (QED) is 0.837. The van der Waals surface area contributed by atoms with Crippen molar-refractivity contribution in [2.45, 2.75) is 13.8 Å². The van der Waals surface area contributed by atoms with Gasteiger partial charge in [0.2, 0.25) is 0 Å². The van der Waals surface area contributed by atoms with Gasteiger partial charge in [-0.1, -0.05) is 6.07 Å². The minimum atomic E-state index is -0.0387. The highest BCUT2D eigenvalue weighted by molar-refractivity contribution is 6.05. The molecule has 0 spiro atoms. The number of carbonyl (C=O) groups is 1. The average molecular weight is 254 g/mol. The van der Waals surface area contributed by atoms with Gasteiger partial charge in [-0.15, -0.1) is 0 Å². The van der Waals surface area contributed by atoms with Gasteiger partial charge in [0.25, 0.3) is 5.91 Å². The van der Waals surface area contributed by atoms with Crippen molar-refractivity contribution in [3.8, 4) is 0 Å². The van der Waals surface area contributed by atoms with E-state index in [9.17, 15) is 4.79 Å². The summed E-state index contributed by atoms with van der Waals surface area (Å²) in [6.45, 7) is 4.10. The first-order valence-corrected chi connectivity index (χ1v) is 6.20. The van der Waals surface area contributed by atoms with Crippen LogP contribution in [0, 0.1) is 13.8 Å². The molecule has 19 heavy (non-hydrogen) atoms. The van der Waals surface area contributed by atoms with Gasteiger partial charge in [-0.05, 0) is 61.4 Å². The maximum absolute atomic E-state index is 12.3. The lowest BCUT2D eigenvalue weighted by molar-refractivity contribution is 0.0993. The van der Waals surface area contributed by atoms with Crippen LogP contribution >= 0.6 is 0 Å². The summed E-state index contributed by atoms with van der Waals surface area (Å²) in [5.74, 6) is -0.0387. The maximum atomic E-state index is 12.3. The molecule has 0 atom stereocenters. The molecule has 0 bridgehead atoms. The number of hydrogen-bond donors (Lipinski definition) is 1. The zero-order valence-corrected chi connectivity index (χ0v) is 11.5. The van der Waals surface area contributed by atoms with E-state index in [1.165, 1.54) is 11.1 Å². The Bertz CT molecular complexity index is 603. The summed E-state index contributed by atoms with van der Waals surface area (Å²) in [5.41, 5.74) is 10.2. The Morgan fingerprint density at radius 1 is 1.00 bits per heavy atom. The lowest BCUT2D eigenvalue weighted by Gasteiger charge is -2.18. The van der Waals surface area contributed by atoms with E-state index in [2.05, 4.69) is 6.92 Å². The fourth-order valence-electron chi connectivity index (χ4n) is 1.87. The van der Waals surface area contributed by atoms with Crippen LogP contribution in [0.2, 0.25) is 0 Å². The van der Waals surface area contributed by atoms with Gasteiger partial charge >= 0.3 is 0 Å². The minimum Gasteiger partial charge on any atom is -0.399 e. The van der Waals surface area contributed by atoms with Crippen LogP contribution in [0.15, 0.2) is 42.5 Å². The highest BCUT2D eigenvalue weighted by Crippen LogP contribution is 2.19. The van der Waals surface area contributed by atoms with E-state index in [4.69, 9.17) is 5.73 Å². The number of carbonyl (C=O) groups excluding carboxylic acids is 1. The Labute approximate surface area is 113 Å². The van der Waals surface area contributed by atoms with Crippen LogP contribution in [0.1, 0.15) is 21.5 Å². The normalized spacial score (nSPS) is 10.3. The van der Waals surface area contributed by atoms with Gasteiger partial charge < -0.3 is 10.6 Å². The first-order chi connectivity index (χ1) is 8.99. The molecule has 0 radical (unpaired) electrons. The molecule has 0 unspecified atom stereocenters. The zero-order valence-electron chi connectivity index (χ0n) is 11.5. The van der Waals surface area contributed by atoms with Gasteiger partial charge in [0.15, 0.2) is 0 Å². The molecule has 3 nitrogen and oxygen atoms in total. The van der Waals surface area contributed by atoms with Crippen molar-refractivity contribution in [2.75, 3.05) is 17.7 Å². The second-order valence-electron chi connectivity index (χ2n) is 4.75. The van der Waals surface area contributed by atoms with Gasteiger partial charge in [0.05, 0.1) is 0 Å². The molecule has 0 aliphatic rings. The van der Waals surface area contributed by atoms with Crippen molar-refractivity contribution >= 4 is 17.3 Å². The lowest BCUT2D eigenvalue weighted by Crippen LogP contribution is -2.26. The summed E-state index contributed by atoms with van der Waals surface area (Å²) in [5, 5.41) is 0. The van der Waals surface area contributed by atoms with Crippen molar-refractivity contribution in [3.05, 3.63) is 59.2 Å². The van der Waals surface area contributed by atoms with Crippen LogP contribution in [0.25, 0.3) is 0 Å². The number of aryl methyl sites for hydroxylation is 2. The molecular formula is C16H18N2O. The molecule has 0 heterocycles. The first kappa shape index (κ1) is 13.1. The van der Waals surface area contributed by atoms with E-state index < -0.39 is 0 Å². The van der Waals surface area contributed by atoms with Crippen LogP contribution in [-0.2, 0) is 0 Å². The van der Waals surface area contributed by atoms with E-state index in [0.29, 0.717) is 11.3 Å². The van der Waals surface area contributed by atoms with Crippen molar-refractivity contribution in [3.63, 3.8) is 0 Å². The van der Waals surface area contributed by atoms with Crippen LogP contribution in [0.5, 0.6) is 0 Å². The molecule has 1 amide bonds. The number of rotatable bonds is 2. The third-order valence-corrected chi connectivity index (χ3v) is 3.34. The number of nitrogen functional groups attached to an aromatic ring is 1. The van der Waals surface area contributed by atoms with Gasteiger partial charge in [-0.25, -0.2) is 0 Å². The summed E-state index contributed by atoms with van der Waals surface area (Å²) in [6, 6.07) is 13.0. The van der Waals surface area contributed by atoms with E-state index in [1.54, 1.807) is 36.2 Å². The summed E-state index contributed by atoms with van der Waals surface area (Å²) in [4.78, 5) is 14.0. The van der Waals surface area contributed by atoms with Crippen LogP contribution in [0.3, 0.4) is 0 Å². The van der Waals surface area contributed by atoms with Crippen molar-refractivity contribution < 1.29 is 4.79 Å². The molecule has 0 aromatic heterocycles. The molecular weight excluding hydrogens is 236 g/mol. The SMILES string of the molecule is Cc1ccc(N(C)C(=O)c2ccc(N)cc2)cc1C. The molecule has 0 saturated heterocycles. The van der Waals surface area contributed by atoms with Gasteiger partial charge in [0, 0.05) is 24.0 Å². The third kappa shape index (κ3) is 2.76. The van der Waals surface area contributed by atoms with Gasteiger partial charge in [0.1, 0.15) is 0 Å². The topological polar surface area (TPSA) is 46.3 Å². The van der Waals surface area contributed by atoms with E-state index in [-0.39, 0.29) is 5.91 Å². The fourth-order valence-corrected chi connectivity index (χ4v) is 1.87. The summed E-state index contributed by atoms with van der Waals surface area (Å²) < 4.78 is 0. The second-order valence-corrected chi connectivity index (χ2v) is 4.75. The molecule has 0 aliphatic heterocycles. The van der Waals surface area contributed by atoms with Gasteiger partial charge in [-0.2, -0.15) is 0 Å². The Kier molecular flexibility index (Phi) is 3.56. The number of nitrogens with two attached hydrogens (primary N) is 1. The average Bonchev–Trinajstić information content (AvgIpc) is 2.41. The van der Waals surface area contributed by atoms with Crippen molar-refractivity contribution in [1.82, 2.24) is 0 Å². The van der Waals surface area contributed by atoms with Gasteiger partial charge in [-0.3, -0.25) is 4.79 Å². The van der Waals surface area contributed by atoms with E-state index in [0.717, 1.165) is 5.69 Å².